The van der Waals surface area contributed by atoms with E-state index in [1.165, 1.54) is 0 Å². The van der Waals surface area contributed by atoms with E-state index in [4.69, 9.17) is 10.5 Å². The minimum absolute atomic E-state index is 0.196. The number of hydrogen-bond acceptors (Lipinski definition) is 3. The van der Waals surface area contributed by atoms with Gasteiger partial charge in [-0.05, 0) is 30.4 Å². The van der Waals surface area contributed by atoms with Gasteiger partial charge in [-0.15, -0.1) is 0 Å². The van der Waals surface area contributed by atoms with Gasteiger partial charge in [-0.25, -0.2) is 4.98 Å². The van der Waals surface area contributed by atoms with Crippen LogP contribution >= 0.6 is 0 Å². The van der Waals surface area contributed by atoms with Crippen molar-refractivity contribution in [2.45, 2.75) is 47.1 Å². The van der Waals surface area contributed by atoms with Crippen LogP contribution in [-0.2, 0) is 6.54 Å². The van der Waals surface area contributed by atoms with Crippen molar-refractivity contribution >= 4 is 17.0 Å². The molecular formula is C16H25N3O. The summed E-state index contributed by atoms with van der Waals surface area (Å²) in [5.41, 5.74) is 8.22. The molecule has 2 aromatic rings. The fraction of sp³-hybridized carbons (Fsp3) is 0.562. The van der Waals surface area contributed by atoms with E-state index in [1.54, 1.807) is 0 Å². The number of para-hydroxylation sites is 1. The second-order valence-electron chi connectivity index (χ2n) is 6.05. The Labute approximate surface area is 120 Å². The van der Waals surface area contributed by atoms with Crippen LogP contribution in [0.15, 0.2) is 18.2 Å². The maximum atomic E-state index is 6.11. The minimum atomic E-state index is 0.196. The summed E-state index contributed by atoms with van der Waals surface area (Å²) in [7, 11) is 0. The van der Waals surface area contributed by atoms with Crippen LogP contribution in [0.25, 0.3) is 11.0 Å². The molecule has 0 aliphatic carbocycles. The molecule has 4 nitrogen and oxygen atoms in total. The van der Waals surface area contributed by atoms with Crippen LogP contribution < -0.4 is 10.5 Å². The summed E-state index contributed by atoms with van der Waals surface area (Å²) >= 11 is 0. The molecule has 0 saturated carbocycles. The Bertz CT molecular complexity index is 587. The number of rotatable bonds is 6. The number of nitrogens with two attached hydrogens (primary N) is 1. The van der Waals surface area contributed by atoms with E-state index < -0.39 is 0 Å². The van der Waals surface area contributed by atoms with Gasteiger partial charge in [0.15, 0.2) is 0 Å². The van der Waals surface area contributed by atoms with E-state index in [9.17, 15) is 0 Å². The molecule has 1 heterocycles. The highest BCUT2D eigenvalue weighted by Gasteiger charge is 2.20. The third-order valence-corrected chi connectivity index (χ3v) is 3.78. The monoisotopic (exact) mass is 275 g/mol. The molecule has 2 rings (SSSR count). The van der Waals surface area contributed by atoms with E-state index in [0.29, 0.717) is 12.6 Å². The smallest absolute Gasteiger partial charge is 0.201 e. The minimum Gasteiger partial charge on any atom is -0.491 e. The number of imidazole rings is 1. The third kappa shape index (κ3) is 2.89. The zero-order valence-electron chi connectivity index (χ0n) is 12.9. The van der Waals surface area contributed by atoms with Crippen molar-refractivity contribution in [2.24, 2.45) is 5.41 Å². The summed E-state index contributed by atoms with van der Waals surface area (Å²) in [6.07, 6.45) is 2.08. The number of hydrogen-bond donors (Lipinski definition) is 1. The molecule has 0 saturated heterocycles. The highest BCUT2D eigenvalue weighted by atomic mass is 16.5. The van der Waals surface area contributed by atoms with Gasteiger partial charge in [-0.2, -0.15) is 0 Å². The van der Waals surface area contributed by atoms with Crippen LogP contribution in [0.5, 0.6) is 5.75 Å². The summed E-state index contributed by atoms with van der Waals surface area (Å²) in [6, 6.07) is 6.02. The molecule has 20 heavy (non-hydrogen) atoms. The van der Waals surface area contributed by atoms with E-state index in [2.05, 4.69) is 43.3 Å². The molecule has 1 aromatic carbocycles. The molecule has 0 radical (unpaired) electrons. The van der Waals surface area contributed by atoms with Crippen molar-refractivity contribution in [1.82, 2.24) is 9.55 Å². The predicted molar refractivity (Wildman–Crippen MR) is 84.0 cm³/mol. The van der Waals surface area contributed by atoms with Gasteiger partial charge >= 0.3 is 0 Å². The Hall–Kier alpha value is -1.71. The van der Waals surface area contributed by atoms with Gasteiger partial charge in [0.25, 0.3) is 0 Å². The number of fused-ring (bicyclic) bond motifs is 1. The number of nitrogens with zero attached hydrogens (tertiary/aromatic N) is 2. The van der Waals surface area contributed by atoms with Gasteiger partial charge in [0.05, 0.1) is 12.1 Å². The molecule has 1 aromatic heterocycles. The fourth-order valence-electron chi connectivity index (χ4n) is 2.17. The summed E-state index contributed by atoms with van der Waals surface area (Å²) in [5.74, 6) is 1.39. The van der Waals surface area contributed by atoms with Crippen LogP contribution in [0.1, 0.15) is 40.5 Å². The summed E-state index contributed by atoms with van der Waals surface area (Å²) in [4.78, 5) is 4.50. The molecule has 0 spiro atoms. The van der Waals surface area contributed by atoms with Crippen molar-refractivity contribution in [3.05, 3.63) is 18.2 Å². The number of anilines is 1. The first-order chi connectivity index (χ1) is 9.48. The molecule has 0 aliphatic heterocycles. The molecule has 0 amide bonds. The van der Waals surface area contributed by atoms with Crippen molar-refractivity contribution in [3.8, 4) is 5.75 Å². The van der Waals surface area contributed by atoms with Gasteiger partial charge in [0, 0.05) is 6.54 Å². The standard InChI is InChI=1S/C16H25N3O/c1-5-10-20-13-9-7-8-12-14(13)18-15(17)19(12)11-16(3,4)6-2/h7-9H,5-6,10-11H2,1-4H3,(H2,17,18). The first kappa shape index (κ1) is 14.7. The summed E-state index contributed by atoms with van der Waals surface area (Å²) in [6.45, 7) is 10.3. The van der Waals surface area contributed by atoms with Gasteiger partial charge in [0.1, 0.15) is 11.3 Å². The van der Waals surface area contributed by atoms with E-state index in [1.807, 2.05) is 12.1 Å². The fourth-order valence-corrected chi connectivity index (χ4v) is 2.17. The second kappa shape index (κ2) is 5.73. The van der Waals surface area contributed by atoms with Crippen molar-refractivity contribution in [1.29, 1.82) is 0 Å². The topological polar surface area (TPSA) is 53.1 Å². The van der Waals surface area contributed by atoms with Crippen LogP contribution in [0, 0.1) is 5.41 Å². The van der Waals surface area contributed by atoms with Crippen LogP contribution in [0.3, 0.4) is 0 Å². The zero-order chi connectivity index (χ0) is 14.8. The SMILES string of the molecule is CCCOc1cccc2c1nc(N)n2CC(C)(C)CC. The highest BCUT2D eigenvalue weighted by Crippen LogP contribution is 2.31. The maximum absolute atomic E-state index is 6.11. The Morgan fingerprint density at radius 1 is 1.30 bits per heavy atom. The Kier molecular flexibility index (Phi) is 4.21. The van der Waals surface area contributed by atoms with E-state index in [0.717, 1.165) is 36.2 Å². The highest BCUT2D eigenvalue weighted by molar-refractivity contribution is 5.84. The summed E-state index contributed by atoms with van der Waals surface area (Å²) in [5, 5.41) is 0. The van der Waals surface area contributed by atoms with Crippen LogP contribution in [-0.4, -0.2) is 16.2 Å². The second-order valence-corrected chi connectivity index (χ2v) is 6.05. The first-order valence-electron chi connectivity index (χ1n) is 7.36. The van der Waals surface area contributed by atoms with Gasteiger partial charge < -0.3 is 15.0 Å². The van der Waals surface area contributed by atoms with Gasteiger partial charge in [-0.3, -0.25) is 0 Å². The Balaban J connectivity index is 2.44. The lowest BCUT2D eigenvalue weighted by molar-refractivity contribution is 0.300. The molecule has 2 N–H and O–H groups in total. The van der Waals surface area contributed by atoms with Crippen LogP contribution in [0.4, 0.5) is 5.95 Å². The quantitative estimate of drug-likeness (QED) is 0.871. The summed E-state index contributed by atoms with van der Waals surface area (Å²) < 4.78 is 7.86. The number of ether oxygens (including phenoxy) is 1. The van der Waals surface area contributed by atoms with Crippen molar-refractivity contribution in [2.75, 3.05) is 12.3 Å². The van der Waals surface area contributed by atoms with Crippen LogP contribution in [0.2, 0.25) is 0 Å². The lowest BCUT2D eigenvalue weighted by atomic mass is 9.90. The molecular weight excluding hydrogens is 250 g/mol. The zero-order valence-corrected chi connectivity index (χ0v) is 12.9. The largest absolute Gasteiger partial charge is 0.491 e. The molecule has 0 bridgehead atoms. The lowest BCUT2D eigenvalue weighted by Gasteiger charge is -2.24. The molecule has 110 valence electrons. The molecule has 0 unspecified atom stereocenters. The lowest BCUT2D eigenvalue weighted by Crippen LogP contribution is -2.19. The number of nitrogen functional groups attached to an aromatic ring is 1. The van der Waals surface area contributed by atoms with E-state index in [-0.39, 0.29) is 5.41 Å². The van der Waals surface area contributed by atoms with Crippen molar-refractivity contribution < 1.29 is 4.74 Å². The molecule has 0 atom stereocenters. The maximum Gasteiger partial charge on any atom is 0.201 e. The average molecular weight is 275 g/mol. The number of aromatic nitrogens is 2. The van der Waals surface area contributed by atoms with Gasteiger partial charge in [-0.1, -0.05) is 33.8 Å². The Morgan fingerprint density at radius 2 is 2.05 bits per heavy atom. The molecule has 4 heteroatoms. The van der Waals surface area contributed by atoms with E-state index >= 15 is 0 Å². The first-order valence-corrected chi connectivity index (χ1v) is 7.36. The molecule has 0 fully saturated rings. The predicted octanol–water partition coefficient (Wildman–Crippen LogP) is 3.84. The normalized spacial score (nSPS) is 12.0. The van der Waals surface area contributed by atoms with Crippen molar-refractivity contribution in [3.63, 3.8) is 0 Å². The van der Waals surface area contributed by atoms with Gasteiger partial charge in [0.2, 0.25) is 5.95 Å². The molecule has 0 aliphatic rings. The third-order valence-electron chi connectivity index (χ3n) is 3.78. The Morgan fingerprint density at radius 3 is 2.70 bits per heavy atom. The number of benzene rings is 1. The average Bonchev–Trinajstić information content (AvgIpc) is 2.73.